The summed E-state index contributed by atoms with van der Waals surface area (Å²) < 4.78 is 26.7. The molecular formula is C21H39N3O2S. The smallest absolute Gasteiger partial charge is 0.212 e. The van der Waals surface area contributed by atoms with Gasteiger partial charge in [0.15, 0.2) is 0 Å². The van der Waals surface area contributed by atoms with E-state index in [-0.39, 0.29) is 5.75 Å². The third-order valence-electron chi connectivity index (χ3n) is 4.75. The van der Waals surface area contributed by atoms with Crippen LogP contribution < -0.4 is 0 Å². The van der Waals surface area contributed by atoms with E-state index < -0.39 is 10.0 Å². The Morgan fingerprint density at radius 3 is 1.41 bits per heavy atom. The SMILES string of the molecule is CCCS(=O)(=O)N(CCCCCCCCC#N)CCCCCCCCC#N. The van der Waals surface area contributed by atoms with Crippen molar-refractivity contribution in [1.82, 2.24) is 4.31 Å². The molecule has 0 heterocycles. The van der Waals surface area contributed by atoms with E-state index in [0.717, 1.165) is 77.0 Å². The van der Waals surface area contributed by atoms with E-state index in [2.05, 4.69) is 12.1 Å². The highest BCUT2D eigenvalue weighted by Gasteiger charge is 2.19. The molecule has 5 nitrogen and oxygen atoms in total. The summed E-state index contributed by atoms with van der Waals surface area (Å²) >= 11 is 0. The molecule has 0 aromatic rings. The third-order valence-corrected chi connectivity index (χ3v) is 6.82. The Labute approximate surface area is 167 Å². The standard InChI is InChI=1S/C21H39N3O2S/c1-2-21-27(25,26)24(19-15-11-7-3-5-9-13-17-22)20-16-12-8-4-6-10-14-18-23/h2-16,19-21H2,1H3. The molecule has 6 heteroatoms. The van der Waals surface area contributed by atoms with Gasteiger partial charge < -0.3 is 0 Å². The predicted octanol–water partition coefficient (Wildman–Crippen LogP) is 5.54. The Kier molecular flexibility index (Phi) is 17.5. The monoisotopic (exact) mass is 397 g/mol. The van der Waals surface area contributed by atoms with Crippen LogP contribution in [0.4, 0.5) is 0 Å². The van der Waals surface area contributed by atoms with Crippen LogP contribution in [0.2, 0.25) is 0 Å². The molecule has 0 aromatic heterocycles. The van der Waals surface area contributed by atoms with Gasteiger partial charge in [0.25, 0.3) is 0 Å². The Bertz CT molecular complexity index is 491. The van der Waals surface area contributed by atoms with Gasteiger partial charge >= 0.3 is 0 Å². The van der Waals surface area contributed by atoms with Crippen molar-refractivity contribution in [2.24, 2.45) is 0 Å². The molecule has 156 valence electrons. The zero-order chi connectivity index (χ0) is 20.2. The fraction of sp³-hybridized carbons (Fsp3) is 0.905. The van der Waals surface area contributed by atoms with Gasteiger partial charge in [-0.3, -0.25) is 0 Å². The van der Waals surface area contributed by atoms with Gasteiger partial charge in [-0.1, -0.05) is 58.3 Å². The number of nitriles is 2. The van der Waals surface area contributed by atoms with Crippen LogP contribution >= 0.6 is 0 Å². The normalized spacial score (nSPS) is 11.4. The lowest BCUT2D eigenvalue weighted by Crippen LogP contribution is -2.34. The van der Waals surface area contributed by atoms with Crippen LogP contribution in [0, 0.1) is 22.7 Å². The summed E-state index contributed by atoms with van der Waals surface area (Å²) in [7, 11) is -3.12. The van der Waals surface area contributed by atoms with Gasteiger partial charge in [-0.05, 0) is 32.1 Å². The van der Waals surface area contributed by atoms with Gasteiger partial charge in [0.2, 0.25) is 10.0 Å². The predicted molar refractivity (Wildman–Crippen MR) is 112 cm³/mol. The van der Waals surface area contributed by atoms with Gasteiger partial charge in [0.1, 0.15) is 0 Å². The third kappa shape index (κ3) is 15.6. The molecule has 0 saturated carbocycles. The molecule has 0 aliphatic carbocycles. The van der Waals surface area contributed by atoms with Crippen LogP contribution in [0.5, 0.6) is 0 Å². The molecule has 0 atom stereocenters. The minimum absolute atomic E-state index is 0.245. The van der Waals surface area contributed by atoms with Crippen LogP contribution in [0.1, 0.15) is 103 Å². The van der Waals surface area contributed by atoms with Crippen LogP contribution in [0.25, 0.3) is 0 Å². The second-order valence-corrected chi connectivity index (χ2v) is 9.36. The molecule has 0 unspecified atom stereocenters. The van der Waals surface area contributed by atoms with Crippen LogP contribution in [0.3, 0.4) is 0 Å². The fourth-order valence-electron chi connectivity index (χ4n) is 3.18. The van der Waals surface area contributed by atoms with Crippen LogP contribution in [0.15, 0.2) is 0 Å². The lowest BCUT2D eigenvalue weighted by atomic mass is 10.1. The Morgan fingerprint density at radius 1 is 0.667 bits per heavy atom. The van der Waals surface area contributed by atoms with Crippen molar-refractivity contribution in [3.63, 3.8) is 0 Å². The molecule has 0 amide bonds. The van der Waals surface area contributed by atoms with E-state index in [9.17, 15) is 8.42 Å². The van der Waals surface area contributed by atoms with Crippen molar-refractivity contribution in [3.8, 4) is 12.1 Å². The second kappa shape index (κ2) is 18.3. The number of rotatable bonds is 19. The summed E-state index contributed by atoms with van der Waals surface area (Å²) in [6.07, 6.45) is 14.6. The molecule has 0 aromatic carbocycles. The molecule has 0 rings (SSSR count). The van der Waals surface area contributed by atoms with E-state index in [4.69, 9.17) is 10.5 Å². The summed E-state index contributed by atoms with van der Waals surface area (Å²) in [6, 6.07) is 4.34. The first-order valence-electron chi connectivity index (χ1n) is 10.8. The molecule has 27 heavy (non-hydrogen) atoms. The van der Waals surface area contributed by atoms with E-state index in [1.54, 1.807) is 4.31 Å². The maximum Gasteiger partial charge on any atom is 0.214 e. The summed E-state index contributed by atoms with van der Waals surface area (Å²) in [5, 5.41) is 17.0. The molecule has 0 spiro atoms. The first kappa shape index (κ1) is 25.9. The van der Waals surface area contributed by atoms with Crippen molar-refractivity contribution in [1.29, 1.82) is 10.5 Å². The largest absolute Gasteiger partial charge is 0.214 e. The van der Waals surface area contributed by atoms with E-state index >= 15 is 0 Å². The number of nitrogens with zero attached hydrogens (tertiary/aromatic N) is 3. The molecular weight excluding hydrogens is 358 g/mol. The van der Waals surface area contributed by atoms with Crippen LogP contribution in [-0.2, 0) is 10.0 Å². The molecule has 0 N–H and O–H groups in total. The fourth-order valence-corrected chi connectivity index (χ4v) is 4.76. The lowest BCUT2D eigenvalue weighted by molar-refractivity contribution is 0.383. The van der Waals surface area contributed by atoms with Crippen molar-refractivity contribution in [3.05, 3.63) is 0 Å². The molecule has 0 bridgehead atoms. The van der Waals surface area contributed by atoms with Gasteiger partial charge in [-0.25, -0.2) is 12.7 Å². The molecule has 0 aliphatic heterocycles. The minimum atomic E-state index is -3.12. The van der Waals surface area contributed by atoms with Gasteiger partial charge in [0, 0.05) is 25.9 Å². The first-order valence-corrected chi connectivity index (χ1v) is 12.4. The number of unbranched alkanes of at least 4 members (excludes halogenated alkanes) is 12. The topological polar surface area (TPSA) is 85.0 Å². The molecule has 0 radical (unpaired) electrons. The molecule has 0 fully saturated rings. The highest BCUT2D eigenvalue weighted by molar-refractivity contribution is 7.89. The van der Waals surface area contributed by atoms with E-state index in [1.807, 2.05) is 6.92 Å². The first-order chi connectivity index (χ1) is 13.1. The minimum Gasteiger partial charge on any atom is -0.212 e. The van der Waals surface area contributed by atoms with Gasteiger partial charge in [0.05, 0.1) is 17.9 Å². The van der Waals surface area contributed by atoms with Crippen molar-refractivity contribution in [2.75, 3.05) is 18.8 Å². The maximum absolute atomic E-state index is 12.5. The summed E-state index contributed by atoms with van der Waals surface area (Å²) in [6.45, 7) is 3.20. The van der Waals surface area contributed by atoms with Gasteiger partial charge in [-0.2, -0.15) is 10.5 Å². The summed E-state index contributed by atoms with van der Waals surface area (Å²) in [5.41, 5.74) is 0. The summed E-state index contributed by atoms with van der Waals surface area (Å²) in [4.78, 5) is 0. The quantitative estimate of drug-likeness (QED) is 0.268. The van der Waals surface area contributed by atoms with E-state index in [1.165, 1.54) is 0 Å². The number of hydrogen-bond acceptors (Lipinski definition) is 4. The highest BCUT2D eigenvalue weighted by Crippen LogP contribution is 2.13. The lowest BCUT2D eigenvalue weighted by Gasteiger charge is -2.22. The summed E-state index contributed by atoms with van der Waals surface area (Å²) in [5.74, 6) is 0.245. The van der Waals surface area contributed by atoms with E-state index in [0.29, 0.717) is 32.4 Å². The Balaban J connectivity index is 4.03. The highest BCUT2D eigenvalue weighted by atomic mass is 32.2. The average molecular weight is 398 g/mol. The Hall–Kier alpha value is -1.11. The average Bonchev–Trinajstić information content (AvgIpc) is 2.64. The zero-order valence-electron chi connectivity index (χ0n) is 17.3. The van der Waals surface area contributed by atoms with Crippen molar-refractivity contribution >= 4 is 10.0 Å². The van der Waals surface area contributed by atoms with Crippen molar-refractivity contribution < 1.29 is 8.42 Å². The number of sulfonamides is 1. The van der Waals surface area contributed by atoms with Gasteiger partial charge in [-0.15, -0.1) is 0 Å². The molecule has 0 aliphatic rings. The van der Waals surface area contributed by atoms with Crippen molar-refractivity contribution in [2.45, 2.75) is 103 Å². The zero-order valence-corrected chi connectivity index (χ0v) is 18.1. The molecule has 0 saturated heterocycles. The van der Waals surface area contributed by atoms with Crippen LogP contribution in [-0.4, -0.2) is 31.6 Å². The second-order valence-electron chi connectivity index (χ2n) is 7.27. The number of hydrogen-bond donors (Lipinski definition) is 0. The Morgan fingerprint density at radius 2 is 1.04 bits per heavy atom. The maximum atomic E-state index is 12.5.